The number of hydrogen-bond acceptors (Lipinski definition) is 4. The molecule has 20 heavy (non-hydrogen) atoms. The van der Waals surface area contributed by atoms with Crippen LogP contribution in [0.25, 0.3) is 0 Å². The van der Waals surface area contributed by atoms with E-state index in [2.05, 4.69) is 22.2 Å². The predicted octanol–water partition coefficient (Wildman–Crippen LogP) is 0.106. The van der Waals surface area contributed by atoms with Gasteiger partial charge in [-0.1, -0.05) is 6.08 Å². The van der Waals surface area contributed by atoms with E-state index in [1.54, 1.807) is 22.1 Å². The first-order valence-electron chi connectivity index (χ1n) is 6.78. The summed E-state index contributed by atoms with van der Waals surface area (Å²) in [5.74, 6) is 2.44. The van der Waals surface area contributed by atoms with Gasteiger partial charge in [0.05, 0.1) is 12.3 Å². The van der Waals surface area contributed by atoms with Crippen LogP contribution in [0.2, 0.25) is 0 Å². The summed E-state index contributed by atoms with van der Waals surface area (Å²) in [4.78, 5) is 4.27. The van der Waals surface area contributed by atoms with Crippen molar-refractivity contribution in [2.75, 3.05) is 50.0 Å². The van der Waals surface area contributed by atoms with Crippen LogP contribution in [-0.2, 0) is 10.0 Å². The van der Waals surface area contributed by atoms with Crippen LogP contribution in [0, 0.1) is 0 Å². The highest BCUT2D eigenvalue weighted by Crippen LogP contribution is 2.13. The Labute approximate surface area is 126 Å². The maximum absolute atomic E-state index is 12.1. The fourth-order valence-electron chi connectivity index (χ4n) is 1.74. The lowest BCUT2D eigenvalue weighted by atomic mass is 10.6. The Morgan fingerprint density at radius 1 is 1.40 bits per heavy atom. The van der Waals surface area contributed by atoms with E-state index in [-0.39, 0.29) is 12.3 Å². The second-order valence-electron chi connectivity index (χ2n) is 4.26. The summed E-state index contributed by atoms with van der Waals surface area (Å²) in [5, 5.41) is 6.11. The molecule has 1 aliphatic heterocycles. The molecule has 2 N–H and O–H groups in total. The van der Waals surface area contributed by atoms with Gasteiger partial charge in [-0.2, -0.15) is 11.8 Å². The topological polar surface area (TPSA) is 73.8 Å². The van der Waals surface area contributed by atoms with Crippen LogP contribution < -0.4 is 10.6 Å². The zero-order chi connectivity index (χ0) is 14.8. The molecule has 1 rings (SSSR count). The summed E-state index contributed by atoms with van der Waals surface area (Å²) in [6.07, 6.45) is 1.73. The van der Waals surface area contributed by atoms with Crippen molar-refractivity contribution >= 4 is 27.7 Å². The second kappa shape index (κ2) is 9.25. The quantitative estimate of drug-likeness (QED) is 0.396. The fourth-order valence-corrected chi connectivity index (χ4v) is 4.19. The lowest BCUT2D eigenvalue weighted by molar-refractivity contribution is 0.444. The van der Waals surface area contributed by atoms with Crippen LogP contribution in [0.1, 0.15) is 6.92 Å². The van der Waals surface area contributed by atoms with Crippen molar-refractivity contribution in [3.05, 3.63) is 12.7 Å². The van der Waals surface area contributed by atoms with Crippen molar-refractivity contribution in [2.45, 2.75) is 6.92 Å². The highest BCUT2D eigenvalue weighted by atomic mass is 32.2. The number of rotatable bonds is 7. The third-order valence-electron chi connectivity index (χ3n) is 2.74. The highest BCUT2D eigenvalue weighted by Gasteiger charge is 2.23. The summed E-state index contributed by atoms with van der Waals surface area (Å²) in [6.45, 7) is 8.42. The van der Waals surface area contributed by atoms with Crippen LogP contribution in [0.5, 0.6) is 0 Å². The molecule has 0 saturated carbocycles. The number of aliphatic imine (C=N–C) groups is 1. The van der Waals surface area contributed by atoms with Gasteiger partial charge < -0.3 is 10.6 Å². The molecule has 1 heterocycles. The van der Waals surface area contributed by atoms with Crippen molar-refractivity contribution in [3.63, 3.8) is 0 Å². The molecular formula is C12H24N4O2S2. The molecule has 8 heteroatoms. The maximum Gasteiger partial charge on any atom is 0.215 e. The van der Waals surface area contributed by atoms with E-state index < -0.39 is 10.0 Å². The first-order chi connectivity index (χ1) is 9.60. The van der Waals surface area contributed by atoms with E-state index in [0.717, 1.165) is 18.1 Å². The van der Waals surface area contributed by atoms with Crippen molar-refractivity contribution in [2.24, 2.45) is 4.99 Å². The number of guanidine groups is 1. The van der Waals surface area contributed by atoms with Crippen LogP contribution in [0.3, 0.4) is 0 Å². The number of hydrogen-bond donors (Lipinski definition) is 2. The zero-order valence-electron chi connectivity index (χ0n) is 12.0. The lowest BCUT2D eigenvalue weighted by Gasteiger charge is -2.25. The summed E-state index contributed by atoms with van der Waals surface area (Å²) in [7, 11) is -3.18. The molecule has 1 aliphatic rings. The molecular weight excluding hydrogens is 296 g/mol. The summed E-state index contributed by atoms with van der Waals surface area (Å²) >= 11 is 1.80. The van der Waals surface area contributed by atoms with Gasteiger partial charge in [0.15, 0.2) is 5.96 Å². The Kier molecular flexibility index (Phi) is 8.01. The Morgan fingerprint density at radius 2 is 2.10 bits per heavy atom. The molecule has 0 unspecified atom stereocenters. The molecule has 0 aliphatic carbocycles. The van der Waals surface area contributed by atoms with Crippen LogP contribution in [0.15, 0.2) is 17.6 Å². The standard InChI is InChI=1S/C12H24N4O2S2/c1-3-5-14-12(13-4-2)15-6-11-20(17,18)16-7-9-19-10-8-16/h3H,1,4-11H2,2H3,(H2,13,14,15). The van der Waals surface area contributed by atoms with Gasteiger partial charge in [0.1, 0.15) is 0 Å². The lowest BCUT2D eigenvalue weighted by Crippen LogP contribution is -2.40. The monoisotopic (exact) mass is 320 g/mol. The average Bonchev–Trinajstić information content (AvgIpc) is 2.45. The minimum atomic E-state index is -3.18. The molecule has 6 nitrogen and oxygen atoms in total. The predicted molar refractivity (Wildman–Crippen MR) is 86.9 cm³/mol. The molecule has 0 amide bonds. The molecule has 0 radical (unpaired) electrons. The molecule has 1 saturated heterocycles. The van der Waals surface area contributed by atoms with Gasteiger partial charge in [-0.05, 0) is 6.92 Å². The first-order valence-corrected chi connectivity index (χ1v) is 9.55. The Morgan fingerprint density at radius 3 is 2.70 bits per heavy atom. The number of thioether (sulfide) groups is 1. The summed E-state index contributed by atoms with van der Waals surface area (Å²) < 4.78 is 25.8. The molecule has 116 valence electrons. The van der Waals surface area contributed by atoms with Gasteiger partial charge in [-0.15, -0.1) is 6.58 Å². The Bertz CT molecular complexity index is 417. The third-order valence-corrected chi connectivity index (χ3v) is 5.53. The normalized spacial score (nSPS) is 17.8. The summed E-state index contributed by atoms with van der Waals surface area (Å²) in [5.41, 5.74) is 0. The fraction of sp³-hybridized carbons (Fsp3) is 0.750. The van der Waals surface area contributed by atoms with Gasteiger partial charge in [0, 0.05) is 37.7 Å². The van der Waals surface area contributed by atoms with Gasteiger partial charge in [0.2, 0.25) is 10.0 Å². The van der Waals surface area contributed by atoms with E-state index in [1.807, 2.05) is 6.92 Å². The zero-order valence-corrected chi connectivity index (χ0v) is 13.6. The Balaban J connectivity index is 2.48. The second-order valence-corrected chi connectivity index (χ2v) is 7.57. The smallest absolute Gasteiger partial charge is 0.215 e. The SMILES string of the molecule is C=CCNC(=NCCS(=O)(=O)N1CCSCC1)NCC. The average molecular weight is 320 g/mol. The van der Waals surface area contributed by atoms with Crippen molar-refractivity contribution < 1.29 is 8.42 Å². The van der Waals surface area contributed by atoms with E-state index >= 15 is 0 Å². The molecule has 0 spiro atoms. The Hall–Kier alpha value is -0.730. The van der Waals surface area contributed by atoms with Crippen molar-refractivity contribution in [3.8, 4) is 0 Å². The van der Waals surface area contributed by atoms with E-state index in [4.69, 9.17) is 0 Å². The van der Waals surface area contributed by atoms with Crippen molar-refractivity contribution in [1.29, 1.82) is 0 Å². The third kappa shape index (κ3) is 6.15. The van der Waals surface area contributed by atoms with E-state index in [1.165, 1.54) is 0 Å². The van der Waals surface area contributed by atoms with Gasteiger partial charge in [-0.3, -0.25) is 4.99 Å². The van der Waals surface area contributed by atoms with Gasteiger partial charge in [0.25, 0.3) is 0 Å². The molecule has 1 fully saturated rings. The van der Waals surface area contributed by atoms with E-state index in [0.29, 0.717) is 25.6 Å². The van der Waals surface area contributed by atoms with Crippen LogP contribution >= 0.6 is 11.8 Å². The number of nitrogens with zero attached hydrogens (tertiary/aromatic N) is 2. The van der Waals surface area contributed by atoms with Crippen LogP contribution in [0.4, 0.5) is 0 Å². The molecule has 0 bridgehead atoms. The van der Waals surface area contributed by atoms with Gasteiger partial charge in [-0.25, -0.2) is 12.7 Å². The van der Waals surface area contributed by atoms with Crippen LogP contribution in [-0.4, -0.2) is 68.7 Å². The molecule has 0 atom stereocenters. The molecule has 0 aromatic carbocycles. The summed E-state index contributed by atoms with van der Waals surface area (Å²) in [6, 6.07) is 0. The number of nitrogens with one attached hydrogen (secondary N) is 2. The van der Waals surface area contributed by atoms with Gasteiger partial charge >= 0.3 is 0 Å². The first kappa shape index (κ1) is 17.3. The maximum atomic E-state index is 12.1. The largest absolute Gasteiger partial charge is 0.357 e. The molecule has 0 aromatic rings. The number of sulfonamides is 1. The van der Waals surface area contributed by atoms with E-state index in [9.17, 15) is 8.42 Å². The van der Waals surface area contributed by atoms with Crippen molar-refractivity contribution in [1.82, 2.24) is 14.9 Å². The minimum Gasteiger partial charge on any atom is -0.357 e. The highest BCUT2D eigenvalue weighted by molar-refractivity contribution is 7.99. The molecule has 0 aromatic heterocycles. The minimum absolute atomic E-state index is 0.0579.